The zero-order valence-electron chi connectivity index (χ0n) is 17.4. The van der Waals surface area contributed by atoms with Crippen LogP contribution in [0.1, 0.15) is 30.5 Å². The average Bonchev–Trinajstić information content (AvgIpc) is 3.08. The normalized spacial score (nSPS) is 14.3. The van der Waals surface area contributed by atoms with E-state index in [-0.39, 0.29) is 35.6 Å². The standard InChI is InChI=1S/C23H22ClNO6/c1-4-28-19-12-15(10-17(24)21(19)30-13-20(26)29-5-2)11-18-23(27)31-22(25-18)16-9-7-6-8-14(16)3/h6-12H,4-5,13H2,1-3H3/b18-11-. The number of ether oxygens (including phenoxy) is 4. The van der Waals surface area contributed by atoms with Gasteiger partial charge in [0.25, 0.3) is 0 Å². The molecule has 0 saturated carbocycles. The van der Waals surface area contributed by atoms with Crippen molar-refractivity contribution in [2.75, 3.05) is 19.8 Å². The van der Waals surface area contributed by atoms with Crippen molar-refractivity contribution in [1.82, 2.24) is 0 Å². The van der Waals surface area contributed by atoms with Crippen molar-refractivity contribution in [1.29, 1.82) is 0 Å². The Morgan fingerprint density at radius 2 is 1.94 bits per heavy atom. The summed E-state index contributed by atoms with van der Waals surface area (Å²) in [4.78, 5) is 28.3. The number of rotatable bonds is 8. The highest BCUT2D eigenvalue weighted by Gasteiger charge is 2.25. The van der Waals surface area contributed by atoms with E-state index in [4.69, 9.17) is 30.5 Å². The Labute approximate surface area is 185 Å². The molecule has 0 bridgehead atoms. The van der Waals surface area contributed by atoms with E-state index >= 15 is 0 Å². The maximum Gasteiger partial charge on any atom is 0.363 e. The van der Waals surface area contributed by atoms with Crippen LogP contribution in [0.4, 0.5) is 0 Å². The minimum absolute atomic E-state index is 0.136. The Kier molecular flexibility index (Phi) is 7.31. The van der Waals surface area contributed by atoms with Crippen LogP contribution in [0, 0.1) is 6.92 Å². The second-order valence-electron chi connectivity index (χ2n) is 6.51. The zero-order chi connectivity index (χ0) is 22.4. The Bertz CT molecular complexity index is 1060. The van der Waals surface area contributed by atoms with Crippen molar-refractivity contribution in [3.63, 3.8) is 0 Å². The average molecular weight is 444 g/mol. The van der Waals surface area contributed by atoms with Gasteiger partial charge in [0.15, 0.2) is 23.8 Å². The van der Waals surface area contributed by atoms with Crippen LogP contribution in [-0.4, -0.2) is 37.7 Å². The highest BCUT2D eigenvalue weighted by atomic mass is 35.5. The molecule has 162 valence electrons. The van der Waals surface area contributed by atoms with E-state index in [0.29, 0.717) is 17.9 Å². The molecule has 31 heavy (non-hydrogen) atoms. The highest BCUT2D eigenvalue weighted by molar-refractivity contribution is 6.32. The van der Waals surface area contributed by atoms with Crippen molar-refractivity contribution in [2.24, 2.45) is 4.99 Å². The quantitative estimate of drug-likeness (QED) is 0.446. The molecule has 0 saturated heterocycles. The van der Waals surface area contributed by atoms with Crippen LogP contribution in [0.5, 0.6) is 11.5 Å². The fourth-order valence-electron chi connectivity index (χ4n) is 2.90. The first-order valence-electron chi connectivity index (χ1n) is 9.76. The molecule has 2 aromatic rings. The maximum absolute atomic E-state index is 12.3. The van der Waals surface area contributed by atoms with E-state index in [9.17, 15) is 9.59 Å². The molecule has 7 nitrogen and oxygen atoms in total. The summed E-state index contributed by atoms with van der Waals surface area (Å²) in [5.74, 6) is -0.272. The number of esters is 2. The Balaban J connectivity index is 1.90. The van der Waals surface area contributed by atoms with Gasteiger partial charge in [0.2, 0.25) is 5.90 Å². The summed E-state index contributed by atoms with van der Waals surface area (Å²) < 4.78 is 21.3. The summed E-state index contributed by atoms with van der Waals surface area (Å²) >= 11 is 6.36. The number of aryl methyl sites for hydroxylation is 1. The van der Waals surface area contributed by atoms with Gasteiger partial charge in [-0.3, -0.25) is 0 Å². The molecule has 3 rings (SSSR count). The third-order valence-electron chi connectivity index (χ3n) is 4.27. The van der Waals surface area contributed by atoms with Gasteiger partial charge in [-0.15, -0.1) is 0 Å². The van der Waals surface area contributed by atoms with Gasteiger partial charge in [-0.2, -0.15) is 0 Å². The number of carbonyl (C=O) groups excluding carboxylic acids is 2. The number of aliphatic imine (C=N–C) groups is 1. The molecule has 0 aromatic heterocycles. The molecule has 0 radical (unpaired) electrons. The van der Waals surface area contributed by atoms with Crippen molar-refractivity contribution < 1.29 is 28.5 Å². The van der Waals surface area contributed by atoms with E-state index in [1.165, 1.54) is 0 Å². The van der Waals surface area contributed by atoms with Crippen LogP contribution >= 0.6 is 11.6 Å². The second-order valence-corrected chi connectivity index (χ2v) is 6.91. The van der Waals surface area contributed by atoms with E-state index in [2.05, 4.69) is 4.99 Å². The zero-order valence-corrected chi connectivity index (χ0v) is 18.2. The highest BCUT2D eigenvalue weighted by Crippen LogP contribution is 2.37. The lowest BCUT2D eigenvalue weighted by Crippen LogP contribution is -2.15. The molecule has 0 atom stereocenters. The monoisotopic (exact) mass is 443 g/mol. The minimum Gasteiger partial charge on any atom is -0.490 e. The van der Waals surface area contributed by atoms with Crippen LogP contribution in [0.25, 0.3) is 6.08 Å². The topological polar surface area (TPSA) is 83.4 Å². The number of cyclic esters (lactones) is 1. The summed E-state index contributed by atoms with van der Waals surface area (Å²) in [5.41, 5.74) is 2.39. The van der Waals surface area contributed by atoms with Gasteiger partial charge >= 0.3 is 11.9 Å². The molecule has 8 heteroatoms. The van der Waals surface area contributed by atoms with Crippen LogP contribution in [0.15, 0.2) is 47.1 Å². The van der Waals surface area contributed by atoms with E-state index in [1.54, 1.807) is 32.1 Å². The summed E-state index contributed by atoms with van der Waals surface area (Å²) in [7, 11) is 0. The van der Waals surface area contributed by atoms with Gasteiger partial charge in [-0.25, -0.2) is 14.6 Å². The molecule has 0 amide bonds. The SMILES string of the molecule is CCOC(=O)COc1c(Cl)cc(/C=C2\N=C(c3ccccc3C)OC2=O)cc1OCC. The first-order valence-corrected chi connectivity index (χ1v) is 10.1. The lowest BCUT2D eigenvalue weighted by atomic mass is 10.1. The molecular weight excluding hydrogens is 422 g/mol. The van der Waals surface area contributed by atoms with E-state index < -0.39 is 11.9 Å². The van der Waals surface area contributed by atoms with Crippen LogP contribution < -0.4 is 9.47 Å². The van der Waals surface area contributed by atoms with Crippen molar-refractivity contribution >= 4 is 35.5 Å². The Morgan fingerprint density at radius 3 is 2.65 bits per heavy atom. The fraction of sp³-hybridized carbons (Fsp3) is 0.261. The number of nitrogens with zero attached hydrogens (tertiary/aromatic N) is 1. The van der Waals surface area contributed by atoms with E-state index in [0.717, 1.165) is 11.1 Å². The van der Waals surface area contributed by atoms with E-state index in [1.807, 2.05) is 31.2 Å². The van der Waals surface area contributed by atoms with Crippen LogP contribution in [0.3, 0.4) is 0 Å². The van der Waals surface area contributed by atoms with Gasteiger partial charge in [-0.05, 0) is 56.2 Å². The van der Waals surface area contributed by atoms with Crippen molar-refractivity contribution in [2.45, 2.75) is 20.8 Å². The van der Waals surface area contributed by atoms with Crippen molar-refractivity contribution in [3.8, 4) is 11.5 Å². The molecule has 2 aromatic carbocycles. The number of carbonyl (C=O) groups is 2. The third-order valence-corrected chi connectivity index (χ3v) is 4.55. The van der Waals surface area contributed by atoms with Crippen LogP contribution in [-0.2, 0) is 19.1 Å². The smallest absolute Gasteiger partial charge is 0.363 e. The molecule has 0 fully saturated rings. The molecule has 0 N–H and O–H groups in total. The number of hydrogen-bond donors (Lipinski definition) is 0. The summed E-state index contributed by atoms with van der Waals surface area (Å²) in [6.45, 7) is 5.73. The van der Waals surface area contributed by atoms with Gasteiger partial charge in [0, 0.05) is 5.56 Å². The molecule has 0 spiro atoms. The summed E-state index contributed by atoms with van der Waals surface area (Å²) in [6.07, 6.45) is 1.55. The summed E-state index contributed by atoms with van der Waals surface area (Å²) in [5, 5.41) is 0.219. The lowest BCUT2D eigenvalue weighted by Gasteiger charge is -2.14. The number of halogens is 1. The number of benzene rings is 2. The predicted octanol–water partition coefficient (Wildman–Crippen LogP) is 4.33. The van der Waals surface area contributed by atoms with Gasteiger partial charge in [0.05, 0.1) is 18.2 Å². The molecular formula is C23H22ClNO6. The van der Waals surface area contributed by atoms with Gasteiger partial charge in [-0.1, -0.05) is 29.8 Å². The third kappa shape index (κ3) is 5.44. The van der Waals surface area contributed by atoms with Gasteiger partial charge in [0.1, 0.15) is 0 Å². The largest absolute Gasteiger partial charge is 0.490 e. The summed E-state index contributed by atoms with van der Waals surface area (Å²) in [6, 6.07) is 10.7. The minimum atomic E-state index is -0.560. The molecule has 1 aliphatic heterocycles. The number of hydrogen-bond acceptors (Lipinski definition) is 7. The molecule has 1 aliphatic rings. The fourth-order valence-corrected chi connectivity index (χ4v) is 3.18. The Morgan fingerprint density at radius 1 is 1.16 bits per heavy atom. The maximum atomic E-state index is 12.3. The van der Waals surface area contributed by atoms with Gasteiger partial charge < -0.3 is 18.9 Å². The molecule has 1 heterocycles. The second kappa shape index (κ2) is 10.1. The molecule has 0 unspecified atom stereocenters. The Hall–Kier alpha value is -3.32. The van der Waals surface area contributed by atoms with Crippen LogP contribution in [0.2, 0.25) is 5.02 Å². The lowest BCUT2D eigenvalue weighted by molar-refractivity contribution is -0.145. The first kappa shape index (κ1) is 22.4. The first-order chi connectivity index (χ1) is 14.9. The van der Waals surface area contributed by atoms with Crippen molar-refractivity contribution in [3.05, 3.63) is 63.8 Å². The molecule has 0 aliphatic carbocycles. The predicted molar refractivity (Wildman–Crippen MR) is 117 cm³/mol.